The molecular formula is C12H14BrFN2O. The Morgan fingerprint density at radius 3 is 2.82 bits per heavy atom. The molecule has 0 aromatic heterocycles. The third-order valence-electron chi connectivity index (χ3n) is 3.24. The number of benzene rings is 1. The molecule has 2 rings (SSSR count). The molecule has 2 N–H and O–H groups in total. The van der Waals surface area contributed by atoms with E-state index in [2.05, 4.69) is 15.9 Å². The summed E-state index contributed by atoms with van der Waals surface area (Å²) in [6, 6.07) is 4.36. The van der Waals surface area contributed by atoms with Gasteiger partial charge in [-0.1, -0.05) is 0 Å². The second-order valence-electron chi connectivity index (χ2n) is 4.32. The molecule has 0 bridgehead atoms. The van der Waals surface area contributed by atoms with Gasteiger partial charge < -0.3 is 10.6 Å². The van der Waals surface area contributed by atoms with Gasteiger partial charge in [0.15, 0.2) is 0 Å². The minimum absolute atomic E-state index is 0.0304. The van der Waals surface area contributed by atoms with Crippen molar-refractivity contribution in [3.63, 3.8) is 0 Å². The van der Waals surface area contributed by atoms with Crippen LogP contribution in [-0.4, -0.2) is 29.4 Å². The van der Waals surface area contributed by atoms with E-state index >= 15 is 0 Å². The number of halogens is 2. The summed E-state index contributed by atoms with van der Waals surface area (Å²) >= 11 is 3.08. The molecule has 92 valence electrons. The van der Waals surface area contributed by atoms with Crippen LogP contribution in [0.5, 0.6) is 0 Å². The van der Waals surface area contributed by atoms with E-state index in [0.29, 0.717) is 16.6 Å². The Bertz CT molecular complexity index is 452. The fourth-order valence-corrected chi connectivity index (χ4v) is 2.42. The lowest BCUT2D eigenvalue weighted by Gasteiger charge is -2.23. The third-order valence-corrected chi connectivity index (χ3v) is 3.85. The van der Waals surface area contributed by atoms with Crippen LogP contribution in [0.25, 0.3) is 0 Å². The van der Waals surface area contributed by atoms with Crippen molar-refractivity contribution in [3.8, 4) is 0 Å². The molecule has 0 radical (unpaired) electrons. The fourth-order valence-electron chi connectivity index (χ4n) is 2.05. The van der Waals surface area contributed by atoms with Gasteiger partial charge in [0.2, 0.25) is 0 Å². The summed E-state index contributed by atoms with van der Waals surface area (Å²) in [6.07, 6.45) is 0.815. The van der Waals surface area contributed by atoms with Crippen molar-refractivity contribution >= 4 is 21.8 Å². The maximum absolute atomic E-state index is 13.1. The summed E-state index contributed by atoms with van der Waals surface area (Å²) in [6.45, 7) is 2.60. The van der Waals surface area contributed by atoms with Gasteiger partial charge in [0, 0.05) is 24.2 Å². The molecule has 5 heteroatoms. The molecule has 0 saturated carbocycles. The van der Waals surface area contributed by atoms with Crippen molar-refractivity contribution in [2.45, 2.75) is 25.4 Å². The Kier molecular flexibility index (Phi) is 3.49. The number of nitrogens with two attached hydrogens (primary N) is 1. The molecule has 1 heterocycles. The van der Waals surface area contributed by atoms with Crippen LogP contribution < -0.4 is 5.73 Å². The SMILES string of the molecule is CC1C(N)CCN1C(=O)c1ccc(F)c(Br)c1. The predicted molar refractivity (Wildman–Crippen MR) is 67.2 cm³/mol. The quantitative estimate of drug-likeness (QED) is 0.864. The number of carbonyl (C=O) groups excluding carboxylic acids is 1. The summed E-state index contributed by atoms with van der Waals surface area (Å²) in [5.74, 6) is -0.459. The van der Waals surface area contributed by atoms with E-state index in [1.807, 2.05) is 6.92 Å². The van der Waals surface area contributed by atoms with Gasteiger partial charge in [0.25, 0.3) is 5.91 Å². The van der Waals surface area contributed by atoms with E-state index in [1.165, 1.54) is 18.2 Å². The monoisotopic (exact) mass is 300 g/mol. The van der Waals surface area contributed by atoms with Crippen molar-refractivity contribution in [2.75, 3.05) is 6.54 Å². The number of amides is 1. The number of hydrogen-bond acceptors (Lipinski definition) is 2. The van der Waals surface area contributed by atoms with Crippen molar-refractivity contribution in [2.24, 2.45) is 5.73 Å². The minimum Gasteiger partial charge on any atom is -0.334 e. The van der Waals surface area contributed by atoms with Crippen molar-refractivity contribution in [1.29, 1.82) is 0 Å². The zero-order chi connectivity index (χ0) is 12.6. The summed E-state index contributed by atoms with van der Waals surface area (Å²) < 4.78 is 13.4. The van der Waals surface area contributed by atoms with Gasteiger partial charge >= 0.3 is 0 Å². The molecule has 1 aliphatic rings. The number of carbonyl (C=O) groups is 1. The number of nitrogens with zero attached hydrogens (tertiary/aromatic N) is 1. The highest BCUT2D eigenvalue weighted by molar-refractivity contribution is 9.10. The molecule has 0 aliphatic carbocycles. The number of rotatable bonds is 1. The fraction of sp³-hybridized carbons (Fsp3) is 0.417. The minimum atomic E-state index is -0.368. The molecule has 1 fully saturated rings. The zero-order valence-electron chi connectivity index (χ0n) is 9.49. The van der Waals surface area contributed by atoms with Crippen molar-refractivity contribution in [3.05, 3.63) is 34.1 Å². The van der Waals surface area contributed by atoms with Gasteiger partial charge in [0.05, 0.1) is 4.47 Å². The molecule has 1 aromatic rings. The third kappa shape index (κ3) is 2.35. The second-order valence-corrected chi connectivity index (χ2v) is 5.17. The van der Waals surface area contributed by atoms with E-state index in [9.17, 15) is 9.18 Å². The first-order valence-electron chi connectivity index (χ1n) is 5.52. The summed E-state index contributed by atoms with van der Waals surface area (Å²) in [7, 11) is 0. The largest absolute Gasteiger partial charge is 0.334 e. The lowest BCUT2D eigenvalue weighted by atomic mass is 10.1. The van der Waals surface area contributed by atoms with Gasteiger partial charge in [-0.2, -0.15) is 0 Å². The highest BCUT2D eigenvalue weighted by Gasteiger charge is 2.31. The van der Waals surface area contributed by atoms with Gasteiger partial charge in [0.1, 0.15) is 5.82 Å². The first-order valence-corrected chi connectivity index (χ1v) is 6.31. The molecule has 1 amide bonds. The zero-order valence-corrected chi connectivity index (χ0v) is 11.1. The van der Waals surface area contributed by atoms with Crippen molar-refractivity contribution < 1.29 is 9.18 Å². The maximum atomic E-state index is 13.1. The number of hydrogen-bond donors (Lipinski definition) is 1. The molecular weight excluding hydrogens is 287 g/mol. The standard InChI is InChI=1S/C12H14BrFN2O/c1-7-11(15)4-5-16(7)12(17)8-2-3-10(14)9(13)6-8/h2-3,6-7,11H,4-5,15H2,1H3. The van der Waals surface area contributed by atoms with Crippen LogP contribution in [0.1, 0.15) is 23.7 Å². The van der Waals surface area contributed by atoms with Gasteiger partial charge in [-0.15, -0.1) is 0 Å². The topological polar surface area (TPSA) is 46.3 Å². The highest BCUT2D eigenvalue weighted by atomic mass is 79.9. The molecule has 1 saturated heterocycles. The van der Waals surface area contributed by atoms with Gasteiger partial charge in [-0.25, -0.2) is 4.39 Å². The molecule has 0 spiro atoms. The Hall–Kier alpha value is -0.940. The first-order chi connectivity index (χ1) is 8.00. The van der Waals surface area contributed by atoms with Crippen LogP contribution in [0.15, 0.2) is 22.7 Å². The van der Waals surface area contributed by atoms with Crippen molar-refractivity contribution in [1.82, 2.24) is 4.90 Å². The number of likely N-dealkylation sites (tertiary alicyclic amines) is 1. The van der Waals surface area contributed by atoms with E-state index in [0.717, 1.165) is 6.42 Å². The van der Waals surface area contributed by atoms with Gasteiger partial charge in [-0.3, -0.25) is 4.79 Å². The normalized spacial score (nSPS) is 24.1. The molecule has 17 heavy (non-hydrogen) atoms. The second kappa shape index (κ2) is 4.74. The summed E-state index contributed by atoms with van der Waals surface area (Å²) in [4.78, 5) is 13.9. The summed E-state index contributed by atoms with van der Waals surface area (Å²) in [5, 5.41) is 0. The van der Waals surface area contributed by atoms with E-state index in [1.54, 1.807) is 4.90 Å². The van der Waals surface area contributed by atoms with E-state index in [4.69, 9.17) is 5.73 Å². The molecule has 1 aromatic carbocycles. The Morgan fingerprint density at radius 2 is 2.29 bits per heavy atom. The highest BCUT2D eigenvalue weighted by Crippen LogP contribution is 2.22. The first kappa shape index (κ1) is 12.5. The van der Waals surface area contributed by atoms with Crippen LogP contribution in [0.4, 0.5) is 4.39 Å². The average molecular weight is 301 g/mol. The lowest BCUT2D eigenvalue weighted by Crippen LogP contribution is -2.40. The van der Waals surface area contributed by atoms with Crippen LogP contribution in [0.2, 0.25) is 0 Å². The van der Waals surface area contributed by atoms with E-state index < -0.39 is 0 Å². The molecule has 2 unspecified atom stereocenters. The molecule has 2 atom stereocenters. The Labute approximate surface area is 108 Å². The Balaban J connectivity index is 2.22. The summed E-state index contributed by atoms with van der Waals surface area (Å²) in [5.41, 5.74) is 6.36. The predicted octanol–water partition coefficient (Wildman–Crippen LogP) is 2.15. The van der Waals surface area contributed by atoms with Gasteiger partial charge in [-0.05, 0) is 47.5 Å². The Morgan fingerprint density at radius 1 is 1.59 bits per heavy atom. The molecule has 1 aliphatic heterocycles. The van der Waals surface area contributed by atoms with Crippen LogP contribution in [0.3, 0.4) is 0 Å². The molecule has 3 nitrogen and oxygen atoms in total. The lowest BCUT2D eigenvalue weighted by molar-refractivity contribution is 0.0742. The average Bonchev–Trinajstić information content (AvgIpc) is 2.63. The van der Waals surface area contributed by atoms with Crippen LogP contribution >= 0.6 is 15.9 Å². The maximum Gasteiger partial charge on any atom is 0.254 e. The van der Waals surface area contributed by atoms with E-state index in [-0.39, 0.29) is 23.8 Å². The van der Waals surface area contributed by atoms with Crippen LogP contribution in [-0.2, 0) is 0 Å². The smallest absolute Gasteiger partial charge is 0.254 e. The van der Waals surface area contributed by atoms with Crippen LogP contribution in [0, 0.1) is 5.82 Å².